The minimum Gasteiger partial charge on any atom is -0.508 e. The van der Waals surface area contributed by atoms with Gasteiger partial charge in [0.2, 0.25) is 11.6 Å². The van der Waals surface area contributed by atoms with Gasteiger partial charge in [0.05, 0.1) is 5.71 Å². The van der Waals surface area contributed by atoms with Crippen LogP contribution >= 0.6 is 0 Å². The highest BCUT2D eigenvalue weighted by molar-refractivity contribution is 6.01. The second-order valence-corrected chi connectivity index (χ2v) is 6.94. The first-order valence-corrected chi connectivity index (χ1v) is 9.42. The summed E-state index contributed by atoms with van der Waals surface area (Å²) in [5.41, 5.74) is 10.1. The Labute approximate surface area is 171 Å². The summed E-state index contributed by atoms with van der Waals surface area (Å²) in [5, 5.41) is 29.2. The third kappa shape index (κ3) is 3.98. The number of hydrogen-bond acceptors (Lipinski definition) is 10. The van der Waals surface area contributed by atoms with Crippen LogP contribution in [0, 0.1) is 0 Å². The lowest BCUT2D eigenvalue weighted by Gasteiger charge is -2.13. The zero-order chi connectivity index (χ0) is 21.1. The second kappa shape index (κ2) is 8.29. The minimum absolute atomic E-state index is 0.0129. The summed E-state index contributed by atoms with van der Waals surface area (Å²) in [7, 11) is 0. The molecule has 12 heteroatoms. The molecule has 2 aromatic heterocycles. The number of nitrogen functional groups attached to an aromatic ring is 1. The molecule has 3 aromatic rings. The number of carbonyl (C=O) groups excluding carboxylic acids is 1. The Morgan fingerprint density at radius 2 is 2.13 bits per heavy atom. The SMILES string of the molecule is C/C(=N\NC(=O)c1c(CN2CCCC2)nnn1-c1nonc1N)c1cccc(O)c1. The van der Waals surface area contributed by atoms with Crippen molar-refractivity contribution in [1.82, 2.24) is 35.6 Å². The molecule has 1 fully saturated rings. The smallest absolute Gasteiger partial charge is 0.292 e. The lowest BCUT2D eigenvalue weighted by atomic mass is 10.1. The van der Waals surface area contributed by atoms with Crippen LogP contribution in [0.4, 0.5) is 5.82 Å². The van der Waals surface area contributed by atoms with Crippen LogP contribution in [0.2, 0.25) is 0 Å². The summed E-state index contributed by atoms with van der Waals surface area (Å²) in [4.78, 5) is 15.2. The van der Waals surface area contributed by atoms with E-state index in [0.717, 1.165) is 25.9 Å². The maximum atomic E-state index is 13.0. The van der Waals surface area contributed by atoms with Crippen molar-refractivity contribution in [3.8, 4) is 11.6 Å². The van der Waals surface area contributed by atoms with Crippen molar-refractivity contribution in [3.05, 3.63) is 41.2 Å². The number of nitrogens with two attached hydrogens (primary N) is 1. The Morgan fingerprint density at radius 3 is 2.83 bits per heavy atom. The third-order valence-corrected chi connectivity index (χ3v) is 4.81. The second-order valence-electron chi connectivity index (χ2n) is 6.94. The number of nitrogens with one attached hydrogen (secondary N) is 1. The number of nitrogens with zero attached hydrogens (tertiary/aromatic N) is 7. The molecule has 30 heavy (non-hydrogen) atoms. The molecule has 3 heterocycles. The van der Waals surface area contributed by atoms with E-state index >= 15 is 0 Å². The Bertz CT molecular complexity index is 1080. The highest BCUT2D eigenvalue weighted by Crippen LogP contribution is 2.19. The number of anilines is 1. The van der Waals surface area contributed by atoms with Gasteiger partial charge in [0.25, 0.3) is 5.91 Å². The third-order valence-electron chi connectivity index (χ3n) is 4.81. The molecule has 0 radical (unpaired) electrons. The predicted molar refractivity (Wildman–Crippen MR) is 106 cm³/mol. The summed E-state index contributed by atoms with van der Waals surface area (Å²) in [6, 6.07) is 6.58. The van der Waals surface area contributed by atoms with E-state index in [0.29, 0.717) is 23.5 Å². The van der Waals surface area contributed by atoms with Crippen LogP contribution < -0.4 is 11.2 Å². The van der Waals surface area contributed by atoms with Crippen LogP contribution in [0.25, 0.3) is 5.82 Å². The molecule has 0 atom stereocenters. The molecular weight excluding hydrogens is 390 g/mol. The van der Waals surface area contributed by atoms with Crippen LogP contribution in [-0.4, -0.2) is 60.0 Å². The van der Waals surface area contributed by atoms with Crippen LogP contribution in [-0.2, 0) is 6.54 Å². The Kier molecular flexibility index (Phi) is 5.39. The number of benzene rings is 1. The largest absolute Gasteiger partial charge is 0.508 e. The summed E-state index contributed by atoms with van der Waals surface area (Å²) in [5.74, 6) is -0.358. The highest BCUT2D eigenvalue weighted by Gasteiger charge is 2.27. The van der Waals surface area contributed by atoms with Crippen molar-refractivity contribution >= 4 is 17.4 Å². The van der Waals surface area contributed by atoms with Crippen molar-refractivity contribution in [3.63, 3.8) is 0 Å². The summed E-state index contributed by atoms with van der Waals surface area (Å²) in [6.07, 6.45) is 2.20. The summed E-state index contributed by atoms with van der Waals surface area (Å²) >= 11 is 0. The molecule has 0 spiro atoms. The average molecular weight is 411 g/mol. The monoisotopic (exact) mass is 411 g/mol. The van der Waals surface area contributed by atoms with E-state index in [1.54, 1.807) is 31.2 Å². The van der Waals surface area contributed by atoms with Gasteiger partial charge in [-0.15, -0.1) is 5.10 Å². The molecule has 0 bridgehead atoms. The minimum atomic E-state index is -0.531. The molecule has 1 amide bonds. The van der Waals surface area contributed by atoms with Gasteiger partial charge >= 0.3 is 0 Å². The molecular formula is C18H21N9O3. The quantitative estimate of drug-likeness (QED) is 0.391. The van der Waals surface area contributed by atoms with Crippen molar-refractivity contribution < 1.29 is 14.5 Å². The van der Waals surface area contributed by atoms with E-state index in [2.05, 4.69) is 40.7 Å². The maximum absolute atomic E-state index is 13.0. The van der Waals surface area contributed by atoms with Gasteiger partial charge in [-0.3, -0.25) is 9.69 Å². The Balaban J connectivity index is 1.63. The fourth-order valence-corrected chi connectivity index (χ4v) is 3.27. The first kappa shape index (κ1) is 19.5. The van der Waals surface area contributed by atoms with Crippen molar-refractivity contribution in [2.45, 2.75) is 26.3 Å². The van der Waals surface area contributed by atoms with Gasteiger partial charge in [-0.25, -0.2) is 10.1 Å². The van der Waals surface area contributed by atoms with Crippen molar-refractivity contribution in [1.29, 1.82) is 0 Å². The molecule has 1 aliphatic rings. The Morgan fingerprint density at radius 1 is 1.33 bits per heavy atom. The van der Waals surface area contributed by atoms with Crippen LogP contribution in [0.5, 0.6) is 5.75 Å². The fraction of sp³-hybridized carbons (Fsp3) is 0.333. The normalized spacial score (nSPS) is 14.9. The predicted octanol–water partition coefficient (Wildman–Crippen LogP) is 0.688. The molecule has 0 aliphatic carbocycles. The number of phenols is 1. The van der Waals surface area contributed by atoms with E-state index in [-0.39, 0.29) is 23.1 Å². The standard InChI is InChI=1S/C18H21N9O3/c1-11(12-5-4-6-13(28)9-12)20-22-18(29)15-14(10-26-7-2-3-8-26)21-25-27(15)17-16(19)23-30-24-17/h4-6,9,28H,2-3,7-8,10H2,1H3,(H2,19,23)(H,22,29)/b20-11+. The molecule has 1 saturated heterocycles. The number of amides is 1. The topological polar surface area (TPSA) is 161 Å². The van der Waals surface area contributed by atoms with Gasteiger partial charge in [0, 0.05) is 12.1 Å². The van der Waals surface area contributed by atoms with Gasteiger partial charge in [-0.1, -0.05) is 17.3 Å². The lowest BCUT2D eigenvalue weighted by molar-refractivity contribution is 0.0945. The zero-order valence-electron chi connectivity index (χ0n) is 16.3. The van der Waals surface area contributed by atoms with Gasteiger partial charge in [0.1, 0.15) is 11.4 Å². The van der Waals surface area contributed by atoms with Crippen molar-refractivity contribution in [2.75, 3.05) is 18.8 Å². The highest BCUT2D eigenvalue weighted by atomic mass is 16.6. The molecule has 156 valence electrons. The Hall–Kier alpha value is -3.80. The van der Waals surface area contributed by atoms with Gasteiger partial charge in [-0.05, 0) is 55.3 Å². The molecule has 0 saturated carbocycles. The summed E-state index contributed by atoms with van der Waals surface area (Å²) in [6.45, 7) is 4.03. The maximum Gasteiger partial charge on any atom is 0.292 e. The van der Waals surface area contributed by atoms with E-state index in [9.17, 15) is 9.90 Å². The van der Waals surface area contributed by atoms with Gasteiger partial charge in [-0.2, -0.15) is 9.78 Å². The number of rotatable bonds is 6. The van der Waals surface area contributed by atoms with Crippen molar-refractivity contribution in [2.24, 2.45) is 5.10 Å². The van der Waals surface area contributed by atoms with Crippen LogP contribution in [0.3, 0.4) is 0 Å². The molecule has 4 rings (SSSR count). The van der Waals surface area contributed by atoms with Gasteiger partial charge in [0.15, 0.2) is 5.69 Å². The van der Waals surface area contributed by atoms with E-state index in [1.807, 2.05) is 0 Å². The molecule has 1 aliphatic heterocycles. The average Bonchev–Trinajstić information content (AvgIpc) is 3.47. The van der Waals surface area contributed by atoms with E-state index in [1.165, 1.54) is 4.68 Å². The number of phenolic OH excluding ortho intramolecular Hbond substituents is 1. The molecule has 4 N–H and O–H groups in total. The lowest BCUT2D eigenvalue weighted by Crippen LogP contribution is -2.26. The first-order valence-electron chi connectivity index (χ1n) is 9.42. The first-order chi connectivity index (χ1) is 14.5. The molecule has 0 unspecified atom stereocenters. The van der Waals surface area contributed by atoms with Gasteiger partial charge < -0.3 is 10.8 Å². The molecule has 1 aromatic carbocycles. The summed E-state index contributed by atoms with van der Waals surface area (Å²) < 4.78 is 5.84. The fourth-order valence-electron chi connectivity index (χ4n) is 3.27. The number of aromatic nitrogens is 5. The zero-order valence-corrected chi connectivity index (χ0v) is 16.3. The van der Waals surface area contributed by atoms with E-state index < -0.39 is 5.91 Å². The number of carbonyl (C=O) groups is 1. The number of hydrazone groups is 1. The molecule has 12 nitrogen and oxygen atoms in total. The number of likely N-dealkylation sites (tertiary alicyclic amines) is 1. The van der Waals surface area contributed by atoms with Crippen LogP contribution in [0.1, 0.15) is 41.5 Å². The number of hydrogen-bond donors (Lipinski definition) is 3. The number of aromatic hydroxyl groups is 1. The van der Waals surface area contributed by atoms with E-state index in [4.69, 9.17) is 5.73 Å². The van der Waals surface area contributed by atoms with Crippen LogP contribution in [0.15, 0.2) is 34.0 Å².